The van der Waals surface area contributed by atoms with Gasteiger partial charge in [0.25, 0.3) is 0 Å². The fourth-order valence-corrected chi connectivity index (χ4v) is 4.15. The molecular formula is C20H29NO2. The molecule has 0 bridgehead atoms. The van der Waals surface area contributed by atoms with Gasteiger partial charge in [-0.05, 0) is 49.7 Å². The largest absolute Gasteiger partial charge is 0.457 e. The molecule has 1 saturated heterocycles. The van der Waals surface area contributed by atoms with E-state index in [9.17, 15) is 4.79 Å². The molecule has 1 aliphatic carbocycles. The van der Waals surface area contributed by atoms with Crippen molar-refractivity contribution >= 4 is 5.97 Å². The Morgan fingerprint density at radius 1 is 1.09 bits per heavy atom. The molecule has 2 atom stereocenters. The second-order valence-corrected chi connectivity index (χ2v) is 7.17. The molecular weight excluding hydrogens is 286 g/mol. The number of rotatable bonds is 4. The minimum Gasteiger partial charge on any atom is -0.457 e. The molecule has 1 heterocycles. The van der Waals surface area contributed by atoms with Gasteiger partial charge >= 0.3 is 5.97 Å². The van der Waals surface area contributed by atoms with E-state index in [1.807, 2.05) is 30.3 Å². The summed E-state index contributed by atoms with van der Waals surface area (Å²) < 4.78 is 5.65. The zero-order valence-electron chi connectivity index (χ0n) is 14.2. The highest BCUT2D eigenvalue weighted by Gasteiger charge is 2.31. The Kier molecular flexibility index (Phi) is 5.71. The Bertz CT molecular complexity index is 486. The average Bonchev–Trinajstić information content (AvgIpc) is 2.63. The molecule has 0 amide bonds. The van der Waals surface area contributed by atoms with E-state index in [-0.39, 0.29) is 12.1 Å². The van der Waals surface area contributed by atoms with Crippen LogP contribution in [0.25, 0.3) is 0 Å². The number of piperidine rings is 1. The van der Waals surface area contributed by atoms with Gasteiger partial charge in [0.15, 0.2) is 0 Å². The maximum atomic E-state index is 12.1. The number of carbonyl (C=O) groups excluding carboxylic acids is 1. The van der Waals surface area contributed by atoms with Gasteiger partial charge in [-0.3, -0.25) is 0 Å². The number of esters is 1. The normalized spacial score (nSPS) is 31.5. The lowest BCUT2D eigenvalue weighted by atomic mass is 9.76. The Morgan fingerprint density at radius 3 is 2.43 bits per heavy atom. The summed E-state index contributed by atoms with van der Waals surface area (Å²) in [5, 5.41) is 3.65. The monoisotopic (exact) mass is 315 g/mol. The van der Waals surface area contributed by atoms with E-state index in [2.05, 4.69) is 12.2 Å². The summed E-state index contributed by atoms with van der Waals surface area (Å²) >= 11 is 0. The van der Waals surface area contributed by atoms with Gasteiger partial charge in [0.1, 0.15) is 6.10 Å². The highest BCUT2D eigenvalue weighted by atomic mass is 16.5. The predicted molar refractivity (Wildman–Crippen MR) is 92.4 cm³/mol. The summed E-state index contributed by atoms with van der Waals surface area (Å²) in [6.45, 7) is 3.12. The Hall–Kier alpha value is -1.35. The fraction of sp³-hybridized carbons (Fsp3) is 0.650. The molecule has 2 fully saturated rings. The summed E-state index contributed by atoms with van der Waals surface area (Å²) in [5.74, 6) is 1.58. The van der Waals surface area contributed by atoms with Crippen molar-refractivity contribution in [2.45, 2.75) is 64.0 Å². The topological polar surface area (TPSA) is 38.3 Å². The van der Waals surface area contributed by atoms with Crippen molar-refractivity contribution < 1.29 is 9.53 Å². The third-order valence-corrected chi connectivity index (χ3v) is 5.73. The first kappa shape index (κ1) is 16.5. The summed E-state index contributed by atoms with van der Waals surface area (Å²) in [5.41, 5.74) is 0.646. The lowest BCUT2D eigenvalue weighted by molar-refractivity contribution is 0.0180. The van der Waals surface area contributed by atoms with Crippen LogP contribution in [0.15, 0.2) is 30.3 Å². The Morgan fingerprint density at radius 2 is 1.83 bits per heavy atom. The third kappa shape index (κ3) is 4.35. The van der Waals surface area contributed by atoms with Gasteiger partial charge < -0.3 is 10.1 Å². The SMILES string of the molecule is CCC1CCC(C2CCC(OC(=O)c3ccccc3)CN2)CC1. The van der Waals surface area contributed by atoms with E-state index >= 15 is 0 Å². The van der Waals surface area contributed by atoms with E-state index < -0.39 is 0 Å². The van der Waals surface area contributed by atoms with Crippen molar-refractivity contribution in [1.29, 1.82) is 0 Å². The molecule has 3 heteroatoms. The molecule has 1 saturated carbocycles. The van der Waals surface area contributed by atoms with Crippen LogP contribution in [0.4, 0.5) is 0 Å². The van der Waals surface area contributed by atoms with E-state index in [4.69, 9.17) is 4.74 Å². The van der Waals surface area contributed by atoms with Crippen molar-refractivity contribution in [3.05, 3.63) is 35.9 Å². The van der Waals surface area contributed by atoms with Gasteiger partial charge in [-0.2, -0.15) is 0 Å². The van der Waals surface area contributed by atoms with Crippen LogP contribution in [-0.4, -0.2) is 24.7 Å². The van der Waals surface area contributed by atoms with E-state index in [1.165, 1.54) is 32.1 Å². The van der Waals surface area contributed by atoms with E-state index in [0.717, 1.165) is 31.2 Å². The highest BCUT2D eigenvalue weighted by molar-refractivity contribution is 5.89. The van der Waals surface area contributed by atoms with Gasteiger partial charge in [-0.1, -0.05) is 44.4 Å². The van der Waals surface area contributed by atoms with Gasteiger partial charge in [0.05, 0.1) is 5.56 Å². The number of hydrogen-bond donors (Lipinski definition) is 1. The fourth-order valence-electron chi connectivity index (χ4n) is 4.15. The minimum absolute atomic E-state index is 0.0194. The quantitative estimate of drug-likeness (QED) is 0.847. The maximum Gasteiger partial charge on any atom is 0.338 e. The van der Waals surface area contributed by atoms with Crippen LogP contribution >= 0.6 is 0 Å². The number of carbonyl (C=O) groups is 1. The molecule has 23 heavy (non-hydrogen) atoms. The summed E-state index contributed by atoms with van der Waals surface area (Å²) in [7, 11) is 0. The highest BCUT2D eigenvalue weighted by Crippen LogP contribution is 2.34. The molecule has 0 radical (unpaired) electrons. The van der Waals surface area contributed by atoms with Crippen LogP contribution in [0.5, 0.6) is 0 Å². The van der Waals surface area contributed by atoms with Crippen molar-refractivity contribution in [1.82, 2.24) is 5.32 Å². The van der Waals surface area contributed by atoms with Crippen molar-refractivity contribution in [3.63, 3.8) is 0 Å². The molecule has 0 spiro atoms. The number of benzene rings is 1. The first-order chi connectivity index (χ1) is 11.3. The van der Waals surface area contributed by atoms with Gasteiger partial charge in [0.2, 0.25) is 0 Å². The van der Waals surface area contributed by atoms with Crippen molar-refractivity contribution in [2.75, 3.05) is 6.54 Å². The molecule has 126 valence electrons. The van der Waals surface area contributed by atoms with Gasteiger partial charge in [-0.25, -0.2) is 4.79 Å². The van der Waals surface area contributed by atoms with Crippen molar-refractivity contribution in [2.24, 2.45) is 11.8 Å². The molecule has 2 unspecified atom stereocenters. The smallest absolute Gasteiger partial charge is 0.338 e. The summed E-state index contributed by atoms with van der Waals surface area (Å²) in [6, 6.07) is 9.91. The van der Waals surface area contributed by atoms with Crippen LogP contribution in [0, 0.1) is 11.8 Å². The first-order valence-corrected chi connectivity index (χ1v) is 9.25. The lowest BCUT2D eigenvalue weighted by Crippen LogP contribution is -2.47. The lowest BCUT2D eigenvalue weighted by Gasteiger charge is -2.38. The van der Waals surface area contributed by atoms with E-state index in [0.29, 0.717) is 11.6 Å². The zero-order valence-corrected chi connectivity index (χ0v) is 14.2. The molecule has 1 aromatic rings. The standard InChI is InChI=1S/C20H29NO2/c1-2-15-8-10-16(11-9-15)19-13-12-18(14-21-19)23-20(22)17-6-4-3-5-7-17/h3-7,15-16,18-19,21H,2,8-14H2,1H3. The zero-order chi connectivity index (χ0) is 16.1. The van der Waals surface area contributed by atoms with Crippen LogP contribution in [0.3, 0.4) is 0 Å². The average molecular weight is 315 g/mol. The second-order valence-electron chi connectivity index (χ2n) is 7.17. The van der Waals surface area contributed by atoms with Crippen molar-refractivity contribution in [3.8, 4) is 0 Å². The number of nitrogens with one attached hydrogen (secondary N) is 1. The van der Waals surface area contributed by atoms with Gasteiger partial charge in [-0.15, -0.1) is 0 Å². The summed E-state index contributed by atoms with van der Waals surface area (Å²) in [6.07, 6.45) is 9.00. The molecule has 1 aromatic carbocycles. The molecule has 2 aliphatic rings. The second kappa shape index (κ2) is 7.96. The molecule has 3 nitrogen and oxygen atoms in total. The molecule has 1 N–H and O–H groups in total. The first-order valence-electron chi connectivity index (χ1n) is 9.25. The Balaban J connectivity index is 1.43. The molecule has 3 rings (SSSR count). The van der Waals surface area contributed by atoms with Crippen LogP contribution in [0.1, 0.15) is 62.2 Å². The Labute approximate surface area is 139 Å². The van der Waals surface area contributed by atoms with Crippen LogP contribution in [-0.2, 0) is 4.74 Å². The predicted octanol–water partition coefficient (Wildman–Crippen LogP) is 4.18. The maximum absolute atomic E-state index is 12.1. The van der Waals surface area contributed by atoms with Gasteiger partial charge in [0, 0.05) is 12.6 Å². The number of ether oxygens (including phenoxy) is 1. The van der Waals surface area contributed by atoms with E-state index in [1.54, 1.807) is 0 Å². The molecule has 0 aromatic heterocycles. The minimum atomic E-state index is -0.195. The third-order valence-electron chi connectivity index (χ3n) is 5.73. The number of hydrogen-bond acceptors (Lipinski definition) is 3. The summed E-state index contributed by atoms with van der Waals surface area (Å²) in [4.78, 5) is 12.1. The molecule has 1 aliphatic heterocycles. The van der Waals surface area contributed by atoms with Crippen LogP contribution in [0.2, 0.25) is 0 Å². The van der Waals surface area contributed by atoms with Crippen LogP contribution < -0.4 is 5.32 Å².